The molecule has 0 amide bonds. The molecule has 0 aliphatic heterocycles. The minimum atomic E-state index is 0.607. The van der Waals surface area contributed by atoms with Crippen LogP contribution in [0.1, 0.15) is 0 Å². The molecule has 21 aromatic carbocycles. The lowest BCUT2D eigenvalue weighted by Crippen LogP contribution is -2.04. The molecule has 0 spiro atoms. The molecule has 0 aliphatic rings. The van der Waals surface area contributed by atoms with Crippen molar-refractivity contribution in [3.8, 4) is 135 Å². The maximum atomic E-state index is 5.82. The number of fused-ring (bicyclic) bond motifs is 13. The van der Waals surface area contributed by atoms with Crippen molar-refractivity contribution in [1.82, 2.24) is 29.1 Å². The van der Waals surface area contributed by atoms with Gasteiger partial charge in [0.1, 0.15) is 0 Å². The summed E-state index contributed by atoms with van der Waals surface area (Å²) in [6, 6.07) is 164. The van der Waals surface area contributed by atoms with Gasteiger partial charge in [-0.1, -0.05) is 352 Å². The first-order chi connectivity index (χ1) is 62.4. The van der Waals surface area contributed by atoms with Crippen molar-refractivity contribution in [1.29, 1.82) is 0 Å². The average Bonchev–Trinajstić information content (AvgIpc) is 1.56. The van der Waals surface area contributed by atoms with E-state index in [9.17, 15) is 0 Å². The van der Waals surface area contributed by atoms with E-state index in [0.29, 0.717) is 11.9 Å². The monoisotopic (exact) mass is 1600 g/mol. The fourth-order valence-corrected chi connectivity index (χ4v) is 19.5. The summed E-state index contributed by atoms with van der Waals surface area (Å²) in [6.45, 7) is 0. The molecule has 0 bridgehead atoms. The van der Waals surface area contributed by atoms with Crippen molar-refractivity contribution in [2.75, 3.05) is 0 Å². The van der Waals surface area contributed by atoms with E-state index in [1.165, 1.54) is 49.0 Å². The molecule has 0 atom stereocenters. The van der Waals surface area contributed by atoms with Gasteiger partial charge in [-0.25, -0.2) is 19.9 Å². The molecule has 0 radical (unpaired) electrons. The average molecular weight is 1600 g/mol. The molecular weight excluding hydrogens is 1530 g/mol. The third kappa shape index (κ3) is 12.4. The van der Waals surface area contributed by atoms with Crippen LogP contribution in [0, 0.1) is 0 Å². The van der Waals surface area contributed by atoms with E-state index in [1.807, 2.05) is 0 Å². The van der Waals surface area contributed by atoms with Crippen LogP contribution in [-0.2, 0) is 0 Å². The zero-order chi connectivity index (χ0) is 82.9. The summed E-state index contributed by atoms with van der Waals surface area (Å²) in [5.74, 6) is 1.22. The van der Waals surface area contributed by atoms with E-state index in [-0.39, 0.29) is 0 Å². The van der Waals surface area contributed by atoms with Gasteiger partial charge in [-0.2, -0.15) is 0 Å². The first-order valence-corrected chi connectivity index (χ1v) is 43.1. The molecule has 6 heteroatoms. The molecule has 584 valence electrons. The van der Waals surface area contributed by atoms with E-state index in [0.717, 1.165) is 193 Å². The summed E-state index contributed by atoms with van der Waals surface area (Å²) in [5.41, 5.74) is 30.0. The second-order valence-corrected chi connectivity index (χ2v) is 33.2. The smallest absolute Gasteiger partial charge is 0.235 e. The standard InChI is InChI=1S/C120H74N6/c1-5-23-75(24-6-1)77-43-48-82(49-44-77)102-72-110-112(73-103(102)81-28-9-3-10-29-81)122-120(124-118(110)100-42-22-38-79-30-19-20-41-99(79)100)126-114-60-58-98(68-106(114)108-66-89-35-16-18-37-91(89)70-116(108)126)96-56-55-93-63-92(53-54-94(93)64-96)87-40-21-39-86(61-87)78-45-50-83(51-46-78)104-74-111-109(71-101(104)80-26-7-2-8-27-80)117(84-31-11-4-12-32-84)123-119(121-111)125-113-59-57-97(95-52-47-76-25-13-14-33-85(76)62-95)67-105(113)107-65-88-34-15-17-36-90(88)69-115(107)125/h1-74H. The highest BCUT2D eigenvalue weighted by Crippen LogP contribution is 2.47. The Morgan fingerprint density at radius 1 is 0.135 bits per heavy atom. The highest BCUT2D eigenvalue weighted by atomic mass is 15.2. The molecule has 25 rings (SSSR count). The van der Waals surface area contributed by atoms with Crippen LogP contribution in [0.4, 0.5) is 0 Å². The first kappa shape index (κ1) is 72.1. The van der Waals surface area contributed by atoms with Gasteiger partial charge in [0, 0.05) is 43.4 Å². The van der Waals surface area contributed by atoms with Crippen LogP contribution in [0.15, 0.2) is 449 Å². The van der Waals surface area contributed by atoms with Crippen molar-refractivity contribution in [3.63, 3.8) is 0 Å². The molecule has 0 unspecified atom stereocenters. The van der Waals surface area contributed by atoms with Crippen molar-refractivity contribution >= 4 is 119 Å². The fraction of sp³-hybridized carbons (Fsp3) is 0. The number of aromatic nitrogens is 6. The third-order valence-corrected chi connectivity index (χ3v) is 25.9. The van der Waals surface area contributed by atoms with Crippen LogP contribution < -0.4 is 0 Å². The van der Waals surface area contributed by atoms with Gasteiger partial charge in [-0.15, -0.1) is 0 Å². The minimum Gasteiger partial charge on any atom is -0.278 e. The Balaban J connectivity index is 0.565. The molecule has 4 heterocycles. The minimum absolute atomic E-state index is 0.607. The summed E-state index contributed by atoms with van der Waals surface area (Å²) in [7, 11) is 0. The predicted molar refractivity (Wildman–Crippen MR) is 529 cm³/mol. The quantitative estimate of drug-likeness (QED) is 0.115. The lowest BCUT2D eigenvalue weighted by atomic mass is 9.90. The highest BCUT2D eigenvalue weighted by Gasteiger charge is 2.26. The Morgan fingerprint density at radius 3 is 0.944 bits per heavy atom. The molecule has 0 saturated carbocycles. The van der Waals surface area contributed by atoms with Crippen LogP contribution in [0.3, 0.4) is 0 Å². The Morgan fingerprint density at radius 2 is 0.437 bits per heavy atom. The molecule has 0 aliphatic carbocycles. The number of nitrogens with zero attached hydrogens (tertiary/aromatic N) is 6. The summed E-state index contributed by atoms with van der Waals surface area (Å²) in [5, 5.41) is 18.2. The fourth-order valence-electron chi connectivity index (χ4n) is 19.5. The van der Waals surface area contributed by atoms with Gasteiger partial charge in [0.15, 0.2) is 0 Å². The Kier molecular flexibility index (Phi) is 16.9. The lowest BCUT2D eigenvalue weighted by Gasteiger charge is -2.17. The van der Waals surface area contributed by atoms with Crippen LogP contribution >= 0.6 is 0 Å². The van der Waals surface area contributed by atoms with Crippen LogP contribution in [0.5, 0.6) is 0 Å². The maximum Gasteiger partial charge on any atom is 0.235 e. The van der Waals surface area contributed by atoms with Crippen molar-refractivity contribution < 1.29 is 0 Å². The van der Waals surface area contributed by atoms with E-state index in [1.54, 1.807) is 0 Å². The van der Waals surface area contributed by atoms with Gasteiger partial charge >= 0.3 is 0 Å². The summed E-state index contributed by atoms with van der Waals surface area (Å²) >= 11 is 0. The second kappa shape index (κ2) is 29.5. The van der Waals surface area contributed by atoms with Crippen LogP contribution in [0.2, 0.25) is 0 Å². The van der Waals surface area contributed by atoms with Crippen LogP contribution in [-0.4, -0.2) is 29.1 Å². The second-order valence-electron chi connectivity index (χ2n) is 33.2. The van der Waals surface area contributed by atoms with Gasteiger partial charge in [-0.05, 0) is 251 Å². The number of benzene rings is 21. The molecular formula is C120H74N6. The largest absolute Gasteiger partial charge is 0.278 e. The summed E-state index contributed by atoms with van der Waals surface area (Å²) < 4.78 is 4.59. The summed E-state index contributed by atoms with van der Waals surface area (Å²) in [6.07, 6.45) is 0. The third-order valence-electron chi connectivity index (χ3n) is 25.9. The van der Waals surface area contributed by atoms with Gasteiger partial charge in [0.05, 0.1) is 44.5 Å². The van der Waals surface area contributed by atoms with Crippen molar-refractivity contribution in [2.45, 2.75) is 0 Å². The SMILES string of the molecule is c1ccc(-c2ccc(-c3cc4c(-c5cccc6ccccc56)nc(-n5c6ccc(-c7ccc8cc(-c9cccc(-c%10ccc(-c%11cc%12nc(-n%13c%14ccc(-c%15ccc%16ccccc%16c%15)cc%14c%14cc%15ccccc%15cc%14%13)nc(-c%13ccccc%13)c%12cc%11-c%11ccccc%11)cc%10)c9)ccc8c7)cc6c6cc7ccccc7cc65)nc4cc3-c3ccccc3)cc2)cc1. The molecule has 0 N–H and O–H groups in total. The van der Waals surface area contributed by atoms with Gasteiger partial charge in [-0.3, -0.25) is 9.13 Å². The Labute approximate surface area is 726 Å². The lowest BCUT2D eigenvalue weighted by molar-refractivity contribution is 1.01. The molecule has 0 saturated heterocycles. The summed E-state index contributed by atoms with van der Waals surface area (Å²) in [4.78, 5) is 22.9. The van der Waals surface area contributed by atoms with E-state index in [2.05, 4.69) is 458 Å². The van der Waals surface area contributed by atoms with E-state index in [4.69, 9.17) is 19.9 Å². The number of rotatable bonds is 13. The highest BCUT2D eigenvalue weighted by molar-refractivity contribution is 6.17. The molecule has 0 fully saturated rings. The molecule has 25 aromatic rings. The maximum absolute atomic E-state index is 5.82. The Hall–Kier alpha value is -16.8. The van der Waals surface area contributed by atoms with Crippen molar-refractivity contribution in [3.05, 3.63) is 449 Å². The molecule has 4 aromatic heterocycles. The van der Waals surface area contributed by atoms with Gasteiger partial charge < -0.3 is 0 Å². The zero-order valence-corrected chi connectivity index (χ0v) is 68.4. The van der Waals surface area contributed by atoms with Gasteiger partial charge in [0.25, 0.3) is 0 Å². The van der Waals surface area contributed by atoms with Crippen molar-refractivity contribution in [2.24, 2.45) is 0 Å². The zero-order valence-electron chi connectivity index (χ0n) is 68.4. The predicted octanol–water partition coefficient (Wildman–Crippen LogP) is 31.9. The first-order valence-electron chi connectivity index (χ1n) is 43.1. The Bertz CT molecular complexity index is 8730. The molecule has 126 heavy (non-hydrogen) atoms. The van der Waals surface area contributed by atoms with Crippen LogP contribution in [0.25, 0.3) is 254 Å². The molecule has 6 nitrogen and oxygen atoms in total. The number of hydrogen-bond acceptors (Lipinski definition) is 4. The van der Waals surface area contributed by atoms with E-state index < -0.39 is 0 Å². The van der Waals surface area contributed by atoms with E-state index >= 15 is 0 Å². The topological polar surface area (TPSA) is 61.4 Å². The van der Waals surface area contributed by atoms with Gasteiger partial charge in [0.2, 0.25) is 11.9 Å². The normalized spacial score (nSPS) is 11.8. The number of hydrogen-bond donors (Lipinski definition) is 0.